The van der Waals surface area contributed by atoms with Crippen molar-refractivity contribution >= 4 is 11.4 Å². The summed E-state index contributed by atoms with van der Waals surface area (Å²) in [6.07, 6.45) is 0. The second-order valence-corrected chi connectivity index (χ2v) is 5.59. The molecular formula is C17H17NO2. The largest absolute Gasteiger partial charge is 0.618 e. The fourth-order valence-corrected chi connectivity index (χ4v) is 2.62. The van der Waals surface area contributed by atoms with Gasteiger partial charge in [-0.2, -0.15) is 4.74 Å². The minimum absolute atomic E-state index is 0.572. The Morgan fingerprint density at radius 3 is 2.45 bits per heavy atom. The van der Waals surface area contributed by atoms with Gasteiger partial charge in [-0.15, -0.1) is 0 Å². The molecule has 0 saturated heterocycles. The number of ether oxygens (including phenoxy) is 1. The lowest BCUT2D eigenvalue weighted by molar-refractivity contribution is -0.373. The molecule has 0 bridgehead atoms. The SMILES string of the molecule is Cc1ccc2c(c1)[N+]([O-])=C(c1ccccc1)C(C)(C)O2. The van der Waals surface area contributed by atoms with Gasteiger partial charge in [0.1, 0.15) is 0 Å². The molecule has 0 atom stereocenters. The van der Waals surface area contributed by atoms with E-state index in [2.05, 4.69) is 0 Å². The smallest absolute Gasteiger partial charge is 0.259 e. The first-order valence-electron chi connectivity index (χ1n) is 6.69. The van der Waals surface area contributed by atoms with Crippen LogP contribution in [0.3, 0.4) is 0 Å². The molecule has 3 nitrogen and oxygen atoms in total. The van der Waals surface area contributed by atoms with Crippen LogP contribution in [0.5, 0.6) is 5.75 Å². The van der Waals surface area contributed by atoms with E-state index < -0.39 is 5.60 Å². The number of aryl methyl sites for hydroxylation is 1. The van der Waals surface area contributed by atoms with Crippen LogP contribution in [0.25, 0.3) is 0 Å². The van der Waals surface area contributed by atoms with Gasteiger partial charge in [0.2, 0.25) is 5.71 Å². The van der Waals surface area contributed by atoms with Crippen LogP contribution < -0.4 is 4.74 Å². The summed E-state index contributed by atoms with van der Waals surface area (Å²) in [5.74, 6) is 0.635. The lowest BCUT2D eigenvalue weighted by Gasteiger charge is -2.32. The van der Waals surface area contributed by atoms with Gasteiger partial charge in [0.05, 0.1) is 0 Å². The van der Waals surface area contributed by atoms with Gasteiger partial charge in [-0.05, 0) is 44.5 Å². The number of nitrogens with zero attached hydrogens (tertiary/aromatic N) is 1. The highest BCUT2D eigenvalue weighted by atomic mass is 16.5. The molecule has 0 saturated carbocycles. The first-order chi connectivity index (χ1) is 9.49. The molecule has 1 heterocycles. The zero-order chi connectivity index (χ0) is 14.3. The third-order valence-corrected chi connectivity index (χ3v) is 3.52. The Kier molecular flexibility index (Phi) is 2.78. The van der Waals surface area contributed by atoms with Crippen molar-refractivity contribution in [3.8, 4) is 5.75 Å². The average molecular weight is 267 g/mol. The van der Waals surface area contributed by atoms with Crippen LogP contribution in [0.1, 0.15) is 25.0 Å². The number of benzene rings is 2. The summed E-state index contributed by atoms with van der Waals surface area (Å²) < 4.78 is 7.03. The van der Waals surface area contributed by atoms with Gasteiger partial charge in [0.25, 0.3) is 5.69 Å². The highest BCUT2D eigenvalue weighted by Crippen LogP contribution is 2.37. The lowest BCUT2D eigenvalue weighted by atomic mass is 9.93. The molecular weight excluding hydrogens is 250 g/mol. The molecule has 0 N–H and O–H groups in total. The molecule has 20 heavy (non-hydrogen) atoms. The monoisotopic (exact) mass is 267 g/mol. The Morgan fingerprint density at radius 1 is 1.05 bits per heavy atom. The van der Waals surface area contributed by atoms with E-state index in [0.29, 0.717) is 17.1 Å². The third kappa shape index (κ3) is 1.95. The molecule has 1 aliphatic heterocycles. The van der Waals surface area contributed by atoms with E-state index in [-0.39, 0.29) is 0 Å². The van der Waals surface area contributed by atoms with E-state index in [1.807, 2.05) is 69.3 Å². The maximum Gasteiger partial charge on any atom is 0.259 e. The molecule has 3 heteroatoms. The van der Waals surface area contributed by atoms with Gasteiger partial charge in [-0.1, -0.05) is 24.3 Å². The minimum Gasteiger partial charge on any atom is -0.618 e. The first kappa shape index (κ1) is 12.7. The molecule has 0 unspecified atom stereocenters. The van der Waals surface area contributed by atoms with E-state index in [0.717, 1.165) is 15.9 Å². The van der Waals surface area contributed by atoms with Gasteiger partial charge < -0.3 is 9.94 Å². The molecule has 0 fully saturated rings. The maximum atomic E-state index is 12.8. The van der Waals surface area contributed by atoms with Crippen LogP contribution >= 0.6 is 0 Å². The zero-order valence-electron chi connectivity index (χ0n) is 11.9. The molecule has 0 radical (unpaired) electrons. The van der Waals surface area contributed by atoms with E-state index in [4.69, 9.17) is 4.74 Å². The van der Waals surface area contributed by atoms with Crippen LogP contribution in [0.2, 0.25) is 0 Å². The maximum absolute atomic E-state index is 12.8. The Balaban J connectivity index is 2.27. The van der Waals surface area contributed by atoms with E-state index in [1.165, 1.54) is 0 Å². The van der Waals surface area contributed by atoms with Gasteiger partial charge in [0.15, 0.2) is 11.4 Å². The predicted molar refractivity (Wildman–Crippen MR) is 79.7 cm³/mol. The highest BCUT2D eigenvalue weighted by Gasteiger charge is 2.41. The quantitative estimate of drug-likeness (QED) is 0.582. The van der Waals surface area contributed by atoms with Crippen molar-refractivity contribution in [2.45, 2.75) is 26.4 Å². The summed E-state index contributed by atoms with van der Waals surface area (Å²) in [6, 6.07) is 15.3. The molecule has 2 aromatic rings. The lowest BCUT2D eigenvalue weighted by Crippen LogP contribution is -2.45. The van der Waals surface area contributed by atoms with Gasteiger partial charge in [-0.3, -0.25) is 0 Å². The number of hydrogen-bond acceptors (Lipinski definition) is 2. The van der Waals surface area contributed by atoms with Crippen molar-refractivity contribution in [1.82, 2.24) is 0 Å². The molecule has 0 aliphatic carbocycles. The number of hydrogen-bond donors (Lipinski definition) is 0. The molecule has 0 spiro atoms. The van der Waals surface area contributed by atoms with Crippen molar-refractivity contribution in [3.05, 3.63) is 64.9 Å². The van der Waals surface area contributed by atoms with Gasteiger partial charge in [-0.25, -0.2) is 0 Å². The predicted octanol–water partition coefficient (Wildman–Crippen LogP) is 3.80. The van der Waals surface area contributed by atoms with Crippen molar-refractivity contribution in [2.75, 3.05) is 0 Å². The summed E-state index contributed by atoms with van der Waals surface area (Å²) >= 11 is 0. The van der Waals surface area contributed by atoms with Crippen molar-refractivity contribution in [1.29, 1.82) is 0 Å². The van der Waals surface area contributed by atoms with Gasteiger partial charge in [0, 0.05) is 11.6 Å². The highest BCUT2D eigenvalue weighted by molar-refractivity contribution is 6.04. The second-order valence-electron chi connectivity index (χ2n) is 5.59. The number of fused-ring (bicyclic) bond motifs is 1. The van der Waals surface area contributed by atoms with Crippen LogP contribution in [0.4, 0.5) is 5.69 Å². The number of rotatable bonds is 1. The van der Waals surface area contributed by atoms with Crippen LogP contribution in [0.15, 0.2) is 48.5 Å². The summed E-state index contributed by atoms with van der Waals surface area (Å²) in [7, 11) is 0. The molecule has 0 aromatic heterocycles. The average Bonchev–Trinajstić information content (AvgIpc) is 2.40. The van der Waals surface area contributed by atoms with Crippen molar-refractivity contribution in [2.24, 2.45) is 0 Å². The zero-order valence-corrected chi connectivity index (χ0v) is 11.9. The Labute approximate surface area is 118 Å². The summed E-state index contributed by atoms with van der Waals surface area (Å²) in [4.78, 5) is 0. The van der Waals surface area contributed by atoms with E-state index in [9.17, 15) is 5.21 Å². The van der Waals surface area contributed by atoms with Crippen molar-refractivity contribution < 1.29 is 9.48 Å². The molecule has 102 valence electrons. The van der Waals surface area contributed by atoms with E-state index in [1.54, 1.807) is 0 Å². The summed E-state index contributed by atoms with van der Waals surface area (Å²) in [6.45, 7) is 5.81. The third-order valence-electron chi connectivity index (χ3n) is 3.52. The summed E-state index contributed by atoms with van der Waals surface area (Å²) in [5, 5.41) is 12.8. The normalized spacial score (nSPS) is 16.6. The Bertz CT molecular complexity index is 687. The standard InChI is InChI=1S/C17H17NO2/c1-12-9-10-15-14(11-12)18(19)16(17(2,3)20-15)13-7-5-4-6-8-13/h4-11H,1-3H3. The topological polar surface area (TPSA) is 35.3 Å². The summed E-state index contributed by atoms with van der Waals surface area (Å²) in [5.41, 5.74) is 2.48. The Hall–Kier alpha value is -2.29. The van der Waals surface area contributed by atoms with E-state index >= 15 is 0 Å². The molecule has 2 aromatic carbocycles. The minimum atomic E-state index is -0.661. The van der Waals surface area contributed by atoms with Gasteiger partial charge >= 0.3 is 0 Å². The molecule has 0 amide bonds. The van der Waals surface area contributed by atoms with Crippen LogP contribution in [-0.2, 0) is 0 Å². The fraction of sp³-hybridized carbons (Fsp3) is 0.235. The fourth-order valence-electron chi connectivity index (χ4n) is 2.62. The van der Waals surface area contributed by atoms with Crippen molar-refractivity contribution in [3.63, 3.8) is 0 Å². The molecule has 3 rings (SSSR count). The first-order valence-corrected chi connectivity index (χ1v) is 6.69. The Morgan fingerprint density at radius 2 is 1.75 bits per heavy atom. The van der Waals surface area contributed by atoms with Crippen LogP contribution in [-0.4, -0.2) is 16.1 Å². The van der Waals surface area contributed by atoms with Crippen LogP contribution in [0, 0.1) is 12.1 Å². The second kappa shape index (κ2) is 4.37. The molecule has 1 aliphatic rings.